The minimum atomic E-state index is -3.83. The third kappa shape index (κ3) is 4.07. The van der Waals surface area contributed by atoms with Crippen molar-refractivity contribution in [2.45, 2.75) is 11.4 Å². The van der Waals surface area contributed by atoms with Gasteiger partial charge in [-0.25, -0.2) is 17.9 Å². The number of sulfonamides is 1. The van der Waals surface area contributed by atoms with E-state index >= 15 is 0 Å². The lowest BCUT2D eigenvalue weighted by Gasteiger charge is -2.10. The summed E-state index contributed by atoms with van der Waals surface area (Å²) >= 11 is 11.6. The Kier molecular flexibility index (Phi) is 4.73. The number of hydrogen-bond acceptors (Lipinski definition) is 3. The van der Waals surface area contributed by atoms with E-state index in [2.05, 4.69) is 5.32 Å². The fourth-order valence-corrected chi connectivity index (χ4v) is 2.56. The summed E-state index contributed by atoms with van der Waals surface area (Å²) in [6.07, 6.45) is 0. The second-order valence-electron chi connectivity index (χ2n) is 4.28. The van der Waals surface area contributed by atoms with Crippen LogP contribution in [0.25, 0.3) is 0 Å². The smallest absolute Gasteiger partial charge is 0.238 e. The van der Waals surface area contributed by atoms with Crippen LogP contribution >= 0.6 is 23.2 Å². The Morgan fingerprint density at radius 1 is 1.14 bits per heavy atom. The molecular formula is C13H11Cl2FN2O2S. The van der Waals surface area contributed by atoms with Gasteiger partial charge in [0.2, 0.25) is 10.0 Å². The van der Waals surface area contributed by atoms with E-state index in [1.165, 1.54) is 30.3 Å². The Balaban J connectivity index is 2.23. The Morgan fingerprint density at radius 3 is 2.48 bits per heavy atom. The number of primary sulfonamides is 1. The predicted molar refractivity (Wildman–Crippen MR) is 81.6 cm³/mol. The van der Waals surface area contributed by atoms with Crippen LogP contribution < -0.4 is 10.5 Å². The highest BCUT2D eigenvalue weighted by atomic mass is 35.5. The maximum absolute atomic E-state index is 13.6. The molecule has 0 atom stereocenters. The molecule has 0 aliphatic rings. The molecular weight excluding hydrogens is 338 g/mol. The third-order valence-corrected chi connectivity index (χ3v) is 4.23. The summed E-state index contributed by atoms with van der Waals surface area (Å²) in [5.41, 5.74) is 0.717. The lowest BCUT2D eigenvalue weighted by molar-refractivity contribution is 0.597. The van der Waals surface area contributed by atoms with Crippen LogP contribution in [0.1, 0.15) is 5.56 Å². The maximum Gasteiger partial charge on any atom is 0.238 e. The molecule has 0 unspecified atom stereocenters. The molecule has 3 N–H and O–H groups in total. The standard InChI is InChI=1S/C13H11Cl2FN2O2S/c14-9-2-1-8(12(16)5-9)7-18-13-6-10(21(17,19)20)3-4-11(13)15/h1-6,18H,7H2,(H2,17,19,20). The molecule has 0 saturated heterocycles. The van der Waals surface area contributed by atoms with Gasteiger partial charge in [-0.1, -0.05) is 29.3 Å². The first-order valence-corrected chi connectivity index (χ1v) is 8.08. The van der Waals surface area contributed by atoms with Gasteiger partial charge in [-0.05, 0) is 30.3 Å². The summed E-state index contributed by atoms with van der Waals surface area (Å²) in [5, 5.41) is 8.52. The summed E-state index contributed by atoms with van der Waals surface area (Å²) < 4.78 is 36.2. The van der Waals surface area contributed by atoms with Gasteiger partial charge in [0.15, 0.2) is 0 Å². The van der Waals surface area contributed by atoms with Gasteiger partial charge < -0.3 is 5.32 Å². The van der Waals surface area contributed by atoms with Crippen molar-refractivity contribution in [1.29, 1.82) is 0 Å². The van der Waals surface area contributed by atoms with Gasteiger partial charge in [0.25, 0.3) is 0 Å². The molecule has 2 aromatic rings. The molecule has 4 nitrogen and oxygen atoms in total. The van der Waals surface area contributed by atoms with E-state index < -0.39 is 15.8 Å². The number of halogens is 3. The van der Waals surface area contributed by atoms with Crippen molar-refractivity contribution in [1.82, 2.24) is 0 Å². The first-order chi connectivity index (χ1) is 9.77. The van der Waals surface area contributed by atoms with E-state index in [1.54, 1.807) is 6.07 Å². The number of hydrogen-bond donors (Lipinski definition) is 2. The number of anilines is 1. The monoisotopic (exact) mass is 348 g/mol. The van der Waals surface area contributed by atoms with Gasteiger partial charge in [0, 0.05) is 17.1 Å². The molecule has 0 radical (unpaired) electrons. The summed E-state index contributed by atoms with van der Waals surface area (Å²) in [6, 6.07) is 8.28. The van der Waals surface area contributed by atoms with Crippen LogP contribution in [0.5, 0.6) is 0 Å². The van der Waals surface area contributed by atoms with Crippen molar-refractivity contribution in [3.8, 4) is 0 Å². The maximum atomic E-state index is 13.6. The van der Waals surface area contributed by atoms with E-state index in [0.717, 1.165) is 0 Å². The van der Waals surface area contributed by atoms with Crippen molar-refractivity contribution in [3.63, 3.8) is 0 Å². The van der Waals surface area contributed by atoms with E-state index in [0.29, 0.717) is 21.3 Å². The molecule has 112 valence electrons. The summed E-state index contributed by atoms with van der Waals surface area (Å²) in [7, 11) is -3.83. The molecule has 0 aromatic heterocycles. The molecule has 0 amide bonds. The van der Waals surface area contributed by atoms with Crippen LogP contribution in [0, 0.1) is 5.82 Å². The zero-order valence-electron chi connectivity index (χ0n) is 10.6. The topological polar surface area (TPSA) is 72.2 Å². The van der Waals surface area contributed by atoms with Crippen LogP contribution in [-0.4, -0.2) is 8.42 Å². The SMILES string of the molecule is NS(=O)(=O)c1ccc(Cl)c(NCc2ccc(Cl)cc2F)c1. The summed E-state index contributed by atoms with van der Waals surface area (Å²) in [6.45, 7) is 0.122. The van der Waals surface area contributed by atoms with E-state index in [1.807, 2.05) is 0 Å². The molecule has 8 heteroatoms. The van der Waals surface area contributed by atoms with Crippen LogP contribution in [0.3, 0.4) is 0 Å². The van der Waals surface area contributed by atoms with Crippen LogP contribution in [0.15, 0.2) is 41.3 Å². The highest BCUT2D eigenvalue weighted by Crippen LogP contribution is 2.26. The number of benzene rings is 2. The zero-order valence-corrected chi connectivity index (χ0v) is 12.9. The first-order valence-electron chi connectivity index (χ1n) is 5.77. The molecule has 21 heavy (non-hydrogen) atoms. The van der Waals surface area contributed by atoms with Gasteiger partial charge >= 0.3 is 0 Å². The van der Waals surface area contributed by atoms with Gasteiger partial charge in [-0.15, -0.1) is 0 Å². The second-order valence-corrected chi connectivity index (χ2v) is 6.68. The van der Waals surface area contributed by atoms with E-state index in [-0.39, 0.29) is 11.4 Å². The fourth-order valence-electron chi connectivity index (χ4n) is 1.67. The predicted octanol–water partition coefficient (Wildman–Crippen LogP) is 3.39. The number of nitrogens with one attached hydrogen (secondary N) is 1. The van der Waals surface area contributed by atoms with Crippen LogP contribution in [0.4, 0.5) is 10.1 Å². The molecule has 0 bridgehead atoms. The van der Waals surface area contributed by atoms with Crippen LogP contribution in [0.2, 0.25) is 10.0 Å². The average molecular weight is 349 g/mol. The fraction of sp³-hybridized carbons (Fsp3) is 0.0769. The molecule has 2 aromatic carbocycles. The van der Waals surface area contributed by atoms with Crippen molar-refractivity contribution < 1.29 is 12.8 Å². The summed E-state index contributed by atoms with van der Waals surface area (Å²) in [4.78, 5) is -0.0778. The number of rotatable bonds is 4. The van der Waals surface area contributed by atoms with Gasteiger partial charge in [0.1, 0.15) is 5.82 Å². The first kappa shape index (κ1) is 16.0. The normalized spacial score (nSPS) is 11.4. The Hall–Kier alpha value is -1.34. The molecule has 0 heterocycles. The van der Waals surface area contributed by atoms with Crippen molar-refractivity contribution in [2.75, 3.05) is 5.32 Å². The summed E-state index contributed by atoms with van der Waals surface area (Å²) in [5.74, 6) is -0.464. The third-order valence-electron chi connectivity index (χ3n) is 2.75. The van der Waals surface area contributed by atoms with Crippen molar-refractivity contribution in [2.24, 2.45) is 5.14 Å². The lowest BCUT2D eigenvalue weighted by atomic mass is 10.2. The highest BCUT2D eigenvalue weighted by Gasteiger charge is 2.11. The molecule has 2 rings (SSSR count). The second kappa shape index (κ2) is 6.19. The minimum absolute atomic E-state index is 0.0778. The van der Waals surface area contributed by atoms with Crippen LogP contribution in [-0.2, 0) is 16.6 Å². The Bertz CT molecular complexity index is 782. The minimum Gasteiger partial charge on any atom is -0.380 e. The zero-order chi connectivity index (χ0) is 15.6. The molecule has 0 aliphatic heterocycles. The lowest BCUT2D eigenvalue weighted by Crippen LogP contribution is -2.12. The largest absolute Gasteiger partial charge is 0.380 e. The molecule has 0 spiro atoms. The molecule has 0 saturated carbocycles. The quantitative estimate of drug-likeness (QED) is 0.889. The highest BCUT2D eigenvalue weighted by molar-refractivity contribution is 7.89. The van der Waals surface area contributed by atoms with E-state index in [9.17, 15) is 12.8 Å². The van der Waals surface area contributed by atoms with Crippen molar-refractivity contribution in [3.05, 3.63) is 57.8 Å². The number of nitrogens with two attached hydrogens (primary N) is 1. The molecule has 0 fully saturated rings. The Morgan fingerprint density at radius 2 is 1.86 bits per heavy atom. The van der Waals surface area contributed by atoms with Crippen molar-refractivity contribution >= 4 is 38.9 Å². The molecule has 0 aliphatic carbocycles. The van der Waals surface area contributed by atoms with Gasteiger partial charge in [-0.2, -0.15) is 0 Å². The van der Waals surface area contributed by atoms with E-state index in [4.69, 9.17) is 28.3 Å². The average Bonchev–Trinajstić information content (AvgIpc) is 2.38. The Labute approximate surface area is 131 Å². The van der Waals surface area contributed by atoms with Gasteiger partial charge in [0.05, 0.1) is 15.6 Å². The van der Waals surface area contributed by atoms with Gasteiger partial charge in [-0.3, -0.25) is 0 Å².